The molecule has 0 atom stereocenters. The lowest BCUT2D eigenvalue weighted by molar-refractivity contribution is -0.120. The summed E-state index contributed by atoms with van der Waals surface area (Å²) in [6.07, 6.45) is 1.56. The monoisotopic (exact) mass is 385 g/mol. The number of hydrogen-bond acceptors (Lipinski definition) is 6. The lowest BCUT2D eigenvalue weighted by atomic mass is 10.2. The third kappa shape index (κ3) is 5.68. The standard InChI is InChI=1S/C19H19N3O4S/c1-13-4-6-15(7-5-13)25-10-8-20-17(23)11-14-12-27-19(21-14)22-18(24)16-3-2-9-26-16/h2-7,9,12H,8,10-11H2,1H3,(H,20,23)(H,21,22,24). The van der Waals surface area contributed by atoms with Gasteiger partial charge in [-0.1, -0.05) is 17.7 Å². The van der Waals surface area contributed by atoms with Gasteiger partial charge in [-0.05, 0) is 31.2 Å². The summed E-state index contributed by atoms with van der Waals surface area (Å²) in [7, 11) is 0. The van der Waals surface area contributed by atoms with Gasteiger partial charge in [0, 0.05) is 5.38 Å². The van der Waals surface area contributed by atoms with Crippen LogP contribution in [0, 0.1) is 6.92 Å². The third-order valence-electron chi connectivity index (χ3n) is 3.57. The topological polar surface area (TPSA) is 93.5 Å². The van der Waals surface area contributed by atoms with Crippen LogP contribution in [0.25, 0.3) is 0 Å². The van der Waals surface area contributed by atoms with Gasteiger partial charge in [-0.3, -0.25) is 14.9 Å². The molecule has 27 heavy (non-hydrogen) atoms. The zero-order valence-electron chi connectivity index (χ0n) is 14.7. The molecule has 0 spiro atoms. The van der Waals surface area contributed by atoms with E-state index >= 15 is 0 Å². The molecule has 140 valence electrons. The summed E-state index contributed by atoms with van der Waals surface area (Å²) in [6.45, 7) is 2.80. The van der Waals surface area contributed by atoms with Gasteiger partial charge in [0.1, 0.15) is 12.4 Å². The Morgan fingerprint density at radius 2 is 2.04 bits per heavy atom. The van der Waals surface area contributed by atoms with E-state index in [0.717, 1.165) is 5.75 Å². The fraction of sp³-hybridized carbons (Fsp3) is 0.211. The zero-order chi connectivity index (χ0) is 19.1. The molecule has 0 saturated heterocycles. The van der Waals surface area contributed by atoms with Gasteiger partial charge in [0.2, 0.25) is 5.91 Å². The van der Waals surface area contributed by atoms with Crippen LogP contribution in [0.15, 0.2) is 52.5 Å². The number of amides is 2. The second-order valence-corrected chi connectivity index (χ2v) is 6.62. The summed E-state index contributed by atoms with van der Waals surface area (Å²) < 4.78 is 10.6. The first-order chi connectivity index (χ1) is 13.1. The smallest absolute Gasteiger partial charge is 0.293 e. The van der Waals surface area contributed by atoms with Crippen molar-refractivity contribution >= 4 is 28.3 Å². The SMILES string of the molecule is Cc1ccc(OCCNC(=O)Cc2csc(NC(=O)c3ccco3)n2)cc1. The molecule has 2 N–H and O–H groups in total. The Morgan fingerprint density at radius 1 is 1.22 bits per heavy atom. The highest BCUT2D eigenvalue weighted by molar-refractivity contribution is 7.14. The van der Waals surface area contributed by atoms with Crippen LogP contribution in [0.1, 0.15) is 21.8 Å². The lowest BCUT2D eigenvalue weighted by Gasteiger charge is -2.07. The van der Waals surface area contributed by atoms with Crippen LogP contribution in [0.4, 0.5) is 5.13 Å². The number of rotatable bonds is 8. The number of furan rings is 1. The van der Waals surface area contributed by atoms with E-state index in [1.807, 2.05) is 31.2 Å². The van der Waals surface area contributed by atoms with Crippen molar-refractivity contribution in [2.75, 3.05) is 18.5 Å². The van der Waals surface area contributed by atoms with Gasteiger partial charge in [-0.15, -0.1) is 11.3 Å². The maximum Gasteiger partial charge on any atom is 0.293 e. The van der Waals surface area contributed by atoms with E-state index in [-0.39, 0.29) is 24.0 Å². The van der Waals surface area contributed by atoms with Crippen LogP contribution < -0.4 is 15.4 Å². The molecule has 7 nitrogen and oxygen atoms in total. The van der Waals surface area contributed by atoms with Crippen molar-refractivity contribution in [3.8, 4) is 5.75 Å². The van der Waals surface area contributed by atoms with Gasteiger partial charge >= 0.3 is 0 Å². The summed E-state index contributed by atoms with van der Waals surface area (Å²) in [5.41, 5.74) is 1.75. The summed E-state index contributed by atoms with van der Waals surface area (Å²) in [5, 5.41) is 7.57. The quantitative estimate of drug-likeness (QED) is 0.582. The Labute approximate surface area is 160 Å². The third-order valence-corrected chi connectivity index (χ3v) is 4.38. The molecule has 8 heteroatoms. The van der Waals surface area contributed by atoms with Gasteiger partial charge in [0.05, 0.1) is 24.9 Å². The summed E-state index contributed by atoms with van der Waals surface area (Å²) in [6, 6.07) is 10.9. The summed E-state index contributed by atoms with van der Waals surface area (Å²) >= 11 is 1.25. The predicted molar refractivity (Wildman–Crippen MR) is 102 cm³/mol. The Morgan fingerprint density at radius 3 is 2.78 bits per heavy atom. The molecule has 0 aliphatic carbocycles. The molecule has 0 radical (unpaired) electrons. The Kier molecular flexibility index (Phi) is 6.22. The Bertz CT molecular complexity index is 888. The molecule has 0 saturated carbocycles. The number of carbonyl (C=O) groups excluding carboxylic acids is 2. The Balaban J connectivity index is 1.38. The zero-order valence-corrected chi connectivity index (χ0v) is 15.5. The minimum Gasteiger partial charge on any atom is -0.492 e. The number of ether oxygens (including phenoxy) is 1. The molecule has 3 rings (SSSR count). The number of carbonyl (C=O) groups is 2. The number of benzene rings is 1. The maximum atomic E-state index is 12.0. The van der Waals surface area contributed by atoms with Gasteiger partial charge in [-0.2, -0.15) is 0 Å². The first-order valence-electron chi connectivity index (χ1n) is 8.35. The van der Waals surface area contributed by atoms with Crippen LogP contribution in [-0.2, 0) is 11.2 Å². The van der Waals surface area contributed by atoms with Crippen LogP contribution in [-0.4, -0.2) is 29.9 Å². The number of anilines is 1. The number of aromatic nitrogens is 1. The molecule has 0 bridgehead atoms. The number of nitrogens with one attached hydrogen (secondary N) is 2. The molecule has 2 heterocycles. The second-order valence-electron chi connectivity index (χ2n) is 5.76. The molecule has 0 aliphatic rings. The van der Waals surface area contributed by atoms with E-state index in [2.05, 4.69) is 15.6 Å². The number of hydrogen-bond donors (Lipinski definition) is 2. The van der Waals surface area contributed by atoms with Gasteiger partial charge in [0.25, 0.3) is 5.91 Å². The molecular weight excluding hydrogens is 366 g/mol. The minimum absolute atomic E-state index is 0.137. The molecule has 0 fully saturated rings. The van der Waals surface area contributed by atoms with Crippen molar-refractivity contribution in [2.45, 2.75) is 13.3 Å². The van der Waals surface area contributed by atoms with E-state index < -0.39 is 0 Å². The predicted octanol–water partition coefficient (Wildman–Crippen LogP) is 3.03. The highest BCUT2D eigenvalue weighted by atomic mass is 32.1. The van der Waals surface area contributed by atoms with E-state index in [1.165, 1.54) is 23.2 Å². The average Bonchev–Trinajstić information content (AvgIpc) is 3.32. The maximum absolute atomic E-state index is 12.0. The molecule has 3 aromatic rings. The first kappa shape index (κ1) is 18.7. The first-order valence-corrected chi connectivity index (χ1v) is 9.23. The van der Waals surface area contributed by atoms with E-state index in [9.17, 15) is 9.59 Å². The number of nitrogens with zero attached hydrogens (tertiary/aromatic N) is 1. The van der Waals surface area contributed by atoms with Crippen molar-refractivity contribution in [2.24, 2.45) is 0 Å². The lowest BCUT2D eigenvalue weighted by Crippen LogP contribution is -2.29. The molecular formula is C19H19N3O4S. The molecule has 2 amide bonds. The summed E-state index contributed by atoms with van der Waals surface area (Å²) in [4.78, 5) is 28.1. The van der Waals surface area contributed by atoms with Crippen molar-refractivity contribution < 1.29 is 18.7 Å². The molecule has 0 aliphatic heterocycles. The van der Waals surface area contributed by atoms with Crippen molar-refractivity contribution in [1.82, 2.24) is 10.3 Å². The molecule has 0 unspecified atom stereocenters. The fourth-order valence-electron chi connectivity index (χ4n) is 2.23. The number of thiazole rings is 1. The van der Waals surface area contributed by atoms with Crippen molar-refractivity contribution in [1.29, 1.82) is 0 Å². The molecule has 2 aromatic heterocycles. The summed E-state index contributed by atoms with van der Waals surface area (Å²) in [5.74, 6) is 0.444. The van der Waals surface area contributed by atoms with Crippen molar-refractivity contribution in [3.05, 3.63) is 65.1 Å². The average molecular weight is 385 g/mol. The van der Waals surface area contributed by atoms with E-state index in [0.29, 0.717) is 24.0 Å². The Hall–Kier alpha value is -3.13. The van der Waals surface area contributed by atoms with E-state index in [1.54, 1.807) is 17.5 Å². The van der Waals surface area contributed by atoms with Gasteiger partial charge in [-0.25, -0.2) is 4.98 Å². The highest BCUT2D eigenvalue weighted by Crippen LogP contribution is 2.17. The highest BCUT2D eigenvalue weighted by Gasteiger charge is 2.12. The van der Waals surface area contributed by atoms with Crippen LogP contribution >= 0.6 is 11.3 Å². The largest absolute Gasteiger partial charge is 0.492 e. The second kappa shape index (κ2) is 9.00. The normalized spacial score (nSPS) is 10.4. The van der Waals surface area contributed by atoms with Gasteiger partial charge < -0.3 is 14.5 Å². The number of aryl methyl sites for hydroxylation is 1. The van der Waals surface area contributed by atoms with Crippen molar-refractivity contribution in [3.63, 3.8) is 0 Å². The van der Waals surface area contributed by atoms with Crippen LogP contribution in [0.3, 0.4) is 0 Å². The fourth-order valence-corrected chi connectivity index (χ4v) is 2.94. The van der Waals surface area contributed by atoms with Crippen LogP contribution in [0.5, 0.6) is 5.75 Å². The molecule has 1 aromatic carbocycles. The van der Waals surface area contributed by atoms with Crippen LogP contribution in [0.2, 0.25) is 0 Å². The van der Waals surface area contributed by atoms with Gasteiger partial charge in [0.15, 0.2) is 10.9 Å². The van der Waals surface area contributed by atoms with E-state index in [4.69, 9.17) is 9.15 Å². The minimum atomic E-state index is -0.376.